The standard InChI is InChI=1S/C16H14ClN3O4.C11H8ClN3O2.C5H8O3/c17-13-3-1-2-12(7-13)16-18-10-20(19-16)5-4-14(21)23-8-11-6-15(22)24-9-11;12-9-3-1-2-8(6-9)11-13-7-15(14-11)5-4-10(16)17;6-2-4-1-5(7)8-3-4/h1-5,7,10-11H,6,8-9H2;1-7H,(H,16,17);4,6H,1-3H2/b2*5-4-;. The van der Waals surface area contributed by atoms with E-state index in [0.29, 0.717) is 41.3 Å². The Labute approximate surface area is 289 Å². The normalized spacial score (nSPS) is 16.8. The third kappa shape index (κ3) is 12.3. The van der Waals surface area contributed by atoms with Crippen molar-refractivity contribution in [3.63, 3.8) is 0 Å². The molecular weight excluding hydrogens is 683 g/mol. The van der Waals surface area contributed by atoms with Crippen LogP contribution in [0, 0.1) is 11.8 Å². The van der Waals surface area contributed by atoms with Gasteiger partial charge in [-0.1, -0.05) is 47.5 Å². The SMILES string of the molecule is O=C(/C=C\n1cnc(-c2cccc(Cl)c2)n1)OCC1COC(=O)C1.O=C(O)/C=C\n1cnc(-c2cccc(Cl)c2)n1.O=C1CC(CO)CO1. The van der Waals surface area contributed by atoms with Crippen LogP contribution in [0.15, 0.2) is 73.3 Å². The molecule has 2 aromatic carbocycles. The van der Waals surface area contributed by atoms with Gasteiger partial charge < -0.3 is 24.4 Å². The second-order valence-electron chi connectivity index (χ2n) is 10.4. The number of aliphatic carboxylic acids is 1. The number of hydrogen-bond donors (Lipinski definition) is 2. The maximum Gasteiger partial charge on any atom is 0.332 e. The van der Waals surface area contributed by atoms with Crippen LogP contribution >= 0.6 is 23.2 Å². The van der Waals surface area contributed by atoms with Crippen LogP contribution in [0.1, 0.15) is 12.8 Å². The highest BCUT2D eigenvalue weighted by Crippen LogP contribution is 2.20. The fraction of sp³-hybridized carbons (Fsp3) is 0.250. The van der Waals surface area contributed by atoms with Gasteiger partial charge in [0.15, 0.2) is 11.6 Å². The van der Waals surface area contributed by atoms with Crippen LogP contribution in [-0.4, -0.2) is 90.0 Å². The van der Waals surface area contributed by atoms with Crippen LogP contribution in [0.25, 0.3) is 35.2 Å². The van der Waals surface area contributed by atoms with Gasteiger partial charge in [-0.3, -0.25) is 9.59 Å². The fourth-order valence-corrected chi connectivity index (χ4v) is 4.47. The molecule has 49 heavy (non-hydrogen) atoms. The second-order valence-corrected chi connectivity index (χ2v) is 11.3. The lowest BCUT2D eigenvalue weighted by Gasteiger charge is -2.05. The number of rotatable bonds is 9. The molecule has 0 saturated carbocycles. The molecule has 2 unspecified atom stereocenters. The molecule has 256 valence electrons. The van der Waals surface area contributed by atoms with Crippen LogP contribution in [-0.2, 0) is 33.4 Å². The third-order valence-electron chi connectivity index (χ3n) is 6.51. The molecule has 2 aromatic heterocycles. The predicted molar refractivity (Wildman–Crippen MR) is 175 cm³/mol. The Hall–Kier alpha value is -5.38. The number of carboxylic acid groups (broad SMARTS) is 1. The maximum absolute atomic E-state index is 11.7. The summed E-state index contributed by atoms with van der Waals surface area (Å²) in [5, 5.41) is 26.4. The molecule has 0 radical (unpaired) electrons. The van der Waals surface area contributed by atoms with E-state index in [9.17, 15) is 19.2 Å². The van der Waals surface area contributed by atoms with Gasteiger partial charge in [0.2, 0.25) is 0 Å². The Morgan fingerprint density at radius 3 is 1.78 bits per heavy atom. The summed E-state index contributed by atoms with van der Waals surface area (Å²) in [6, 6.07) is 14.3. The first-order valence-corrected chi connectivity index (χ1v) is 15.4. The average Bonchev–Trinajstić information content (AvgIpc) is 3.91. The van der Waals surface area contributed by atoms with Crippen LogP contribution in [0.3, 0.4) is 0 Å². The molecule has 0 spiro atoms. The lowest BCUT2D eigenvalue weighted by atomic mass is 10.1. The summed E-state index contributed by atoms with van der Waals surface area (Å²) in [4.78, 5) is 51.4. The zero-order valence-electron chi connectivity index (χ0n) is 25.7. The number of hydrogen-bond acceptors (Lipinski definition) is 12. The van der Waals surface area contributed by atoms with Crippen LogP contribution in [0.4, 0.5) is 0 Å². The molecule has 2 aliphatic rings. The quantitative estimate of drug-likeness (QED) is 0.144. The number of aliphatic hydroxyl groups excluding tert-OH is 1. The number of carbonyl (C=O) groups excluding carboxylic acids is 3. The van der Waals surface area contributed by atoms with Gasteiger partial charge in [0, 0.05) is 64.2 Å². The van der Waals surface area contributed by atoms with E-state index in [0.717, 1.165) is 17.2 Å². The molecule has 6 rings (SSSR count). The minimum atomic E-state index is -1.04. The monoisotopic (exact) mass is 712 g/mol. The van der Waals surface area contributed by atoms with Gasteiger partial charge in [-0.25, -0.2) is 28.9 Å². The number of ether oxygens (including phenoxy) is 3. The second kappa shape index (κ2) is 18.2. The van der Waals surface area contributed by atoms with Crippen LogP contribution in [0.5, 0.6) is 0 Å². The number of nitrogens with zero attached hydrogens (tertiary/aromatic N) is 6. The maximum atomic E-state index is 11.7. The number of esters is 3. The van der Waals surface area contributed by atoms with E-state index in [2.05, 4.69) is 24.9 Å². The van der Waals surface area contributed by atoms with Crippen molar-refractivity contribution in [2.75, 3.05) is 26.4 Å². The van der Waals surface area contributed by atoms with Crippen LogP contribution < -0.4 is 0 Å². The number of carbonyl (C=O) groups is 4. The highest BCUT2D eigenvalue weighted by Gasteiger charge is 2.24. The fourth-order valence-electron chi connectivity index (χ4n) is 4.09. The van der Waals surface area contributed by atoms with Crippen molar-refractivity contribution in [2.24, 2.45) is 11.8 Å². The number of carboxylic acids is 1. The Morgan fingerprint density at radius 2 is 1.35 bits per heavy atom. The zero-order chi connectivity index (χ0) is 35.2. The summed E-state index contributed by atoms with van der Waals surface area (Å²) >= 11 is 11.8. The van der Waals surface area contributed by atoms with Crippen molar-refractivity contribution in [1.29, 1.82) is 0 Å². The van der Waals surface area contributed by atoms with Gasteiger partial charge in [0.1, 0.15) is 12.7 Å². The molecular formula is C32H30Cl2N6O9. The number of benzene rings is 2. The van der Waals surface area contributed by atoms with Gasteiger partial charge in [-0.2, -0.15) is 0 Å². The molecule has 2 fully saturated rings. The molecule has 2 saturated heterocycles. The lowest BCUT2D eigenvalue weighted by Crippen LogP contribution is -2.12. The van der Waals surface area contributed by atoms with E-state index in [1.54, 1.807) is 30.3 Å². The summed E-state index contributed by atoms with van der Waals surface area (Å²) in [6.45, 7) is 0.906. The van der Waals surface area contributed by atoms with E-state index in [-0.39, 0.29) is 43.4 Å². The van der Waals surface area contributed by atoms with Crippen molar-refractivity contribution in [2.45, 2.75) is 12.8 Å². The first-order chi connectivity index (χ1) is 23.6. The smallest absolute Gasteiger partial charge is 0.332 e. The van der Waals surface area contributed by atoms with E-state index in [1.807, 2.05) is 18.2 Å². The predicted octanol–water partition coefficient (Wildman–Crippen LogP) is 3.87. The molecule has 17 heteroatoms. The number of halogens is 2. The van der Waals surface area contributed by atoms with Crippen molar-refractivity contribution >= 4 is 59.5 Å². The number of aromatic nitrogens is 6. The molecule has 0 bridgehead atoms. The number of aliphatic hydroxyl groups is 1. The van der Waals surface area contributed by atoms with E-state index >= 15 is 0 Å². The zero-order valence-corrected chi connectivity index (χ0v) is 27.2. The Bertz CT molecular complexity index is 1820. The number of cyclic esters (lactones) is 2. The lowest BCUT2D eigenvalue weighted by molar-refractivity contribution is -0.139. The summed E-state index contributed by atoms with van der Waals surface area (Å²) < 4.78 is 17.2. The first kappa shape index (κ1) is 36.5. The molecule has 2 N–H and O–H groups in total. The molecule has 2 aliphatic heterocycles. The van der Waals surface area contributed by atoms with Crippen molar-refractivity contribution in [3.8, 4) is 22.8 Å². The molecule has 0 aliphatic carbocycles. The minimum absolute atomic E-state index is 0.0579. The summed E-state index contributed by atoms with van der Waals surface area (Å²) in [6.07, 6.45) is 8.55. The Morgan fingerprint density at radius 1 is 0.837 bits per heavy atom. The highest BCUT2D eigenvalue weighted by atomic mass is 35.5. The molecule has 4 aromatic rings. The van der Waals surface area contributed by atoms with Gasteiger partial charge in [-0.15, -0.1) is 10.2 Å². The van der Waals surface area contributed by atoms with E-state index < -0.39 is 11.9 Å². The largest absolute Gasteiger partial charge is 0.478 e. The summed E-state index contributed by atoms with van der Waals surface area (Å²) in [7, 11) is 0. The first-order valence-electron chi connectivity index (χ1n) is 14.6. The van der Waals surface area contributed by atoms with E-state index in [1.165, 1.54) is 40.5 Å². The minimum Gasteiger partial charge on any atom is -0.478 e. The Kier molecular flexibility index (Phi) is 13.6. The van der Waals surface area contributed by atoms with Crippen molar-refractivity contribution < 1.29 is 43.6 Å². The average molecular weight is 714 g/mol. The van der Waals surface area contributed by atoms with Gasteiger partial charge in [0.05, 0.1) is 32.7 Å². The third-order valence-corrected chi connectivity index (χ3v) is 6.98. The van der Waals surface area contributed by atoms with Crippen molar-refractivity contribution in [3.05, 3.63) is 83.4 Å². The van der Waals surface area contributed by atoms with Crippen molar-refractivity contribution in [1.82, 2.24) is 29.5 Å². The highest BCUT2D eigenvalue weighted by molar-refractivity contribution is 6.31. The van der Waals surface area contributed by atoms with Gasteiger partial charge in [-0.05, 0) is 24.3 Å². The molecule has 2 atom stereocenters. The molecule has 4 heterocycles. The van der Waals surface area contributed by atoms with E-state index in [4.69, 9.17) is 42.9 Å². The van der Waals surface area contributed by atoms with Gasteiger partial charge in [0.25, 0.3) is 0 Å². The molecule has 0 amide bonds. The topological polar surface area (TPSA) is 198 Å². The summed E-state index contributed by atoms with van der Waals surface area (Å²) in [5.41, 5.74) is 1.56. The Balaban J connectivity index is 0.000000187. The molecule has 15 nitrogen and oxygen atoms in total. The summed E-state index contributed by atoms with van der Waals surface area (Å²) in [5.74, 6) is -1.04. The van der Waals surface area contributed by atoms with Gasteiger partial charge >= 0.3 is 23.9 Å². The van der Waals surface area contributed by atoms with Crippen LogP contribution in [0.2, 0.25) is 10.0 Å².